The number of likely N-dealkylation sites (N-methyl/N-ethyl adjacent to an activating group) is 1. The lowest BCUT2D eigenvalue weighted by atomic mass is 10.2. The first-order valence-corrected chi connectivity index (χ1v) is 8.82. The van der Waals surface area contributed by atoms with Crippen molar-refractivity contribution >= 4 is 10.9 Å². The van der Waals surface area contributed by atoms with E-state index in [0.29, 0.717) is 42.1 Å². The number of benzene rings is 2. The Bertz CT molecular complexity index is 943. The maximum Gasteiger partial charge on any atom is 0.258 e. The van der Waals surface area contributed by atoms with Crippen LogP contribution >= 0.6 is 0 Å². The molecule has 0 aliphatic carbocycles. The quantitative estimate of drug-likeness (QED) is 0.635. The molecular weight excluding hydrogens is 349 g/mol. The van der Waals surface area contributed by atoms with E-state index in [-0.39, 0.29) is 18.0 Å². The Morgan fingerprint density at radius 1 is 1.22 bits per heavy atom. The van der Waals surface area contributed by atoms with Gasteiger partial charge in [0.05, 0.1) is 17.4 Å². The van der Waals surface area contributed by atoms with Crippen molar-refractivity contribution in [3.8, 4) is 5.75 Å². The van der Waals surface area contributed by atoms with Crippen molar-refractivity contribution in [2.24, 2.45) is 0 Å². The summed E-state index contributed by atoms with van der Waals surface area (Å²) in [6.45, 7) is 3.49. The first kappa shape index (κ1) is 19.0. The predicted molar refractivity (Wildman–Crippen MR) is 101 cm³/mol. The molecule has 1 aromatic heterocycles. The Labute approximate surface area is 156 Å². The number of nitrogens with zero attached hydrogens (tertiary/aromatic N) is 2. The number of para-hydroxylation sites is 1. The van der Waals surface area contributed by atoms with Crippen LogP contribution in [0.3, 0.4) is 0 Å². The largest absolute Gasteiger partial charge is 0.491 e. The first-order chi connectivity index (χ1) is 13.0. The number of fused-ring (bicyclic) bond motifs is 1. The zero-order valence-electron chi connectivity index (χ0n) is 15.1. The molecule has 142 valence electrons. The molecule has 0 bridgehead atoms. The van der Waals surface area contributed by atoms with Crippen LogP contribution in [0.4, 0.5) is 4.39 Å². The molecule has 7 heteroatoms. The van der Waals surface area contributed by atoms with Crippen LogP contribution in [0.2, 0.25) is 0 Å². The van der Waals surface area contributed by atoms with E-state index in [0.717, 1.165) is 0 Å². The molecule has 6 nitrogen and oxygen atoms in total. The van der Waals surface area contributed by atoms with Gasteiger partial charge in [0.25, 0.3) is 5.56 Å². The van der Waals surface area contributed by atoms with Crippen LogP contribution in [0.5, 0.6) is 5.75 Å². The van der Waals surface area contributed by atoms with Crippen molar-refractivity contribution in [3.63, 3.8) is 0 Å². The van der Waals surface area contributed by atoms with E-state index in [9.17, 15) is 14.3 Å². The van der Waals surface area contributed by atoms with Crippen LogP contribution in [0.1, 0.15) is 12.7 Å². The van der Waals surface area contributed by atoms with Gasteiger partial charge in [-0.2, -0.15) is 0 Å². The topological polar surface area (TPSA) is 78.5 Å². The minimum absolute atomic E-state index is 0.0871. The molecule has 3 aromatic rings. The van der Waals surface area contributed by atoms with Gasteiger partial charge in [-0.05, 0) is 42.9 Å². The molecule has 0 spiro atoms. The van der Waals surface area contributed by atoms with Gasteiger partial charge in [-0.1, -0.05) is 19.1 Å². The van der Waals surface area contributed by atoms with Crippen LogP contribution < -0.4 is 10.3 Å². The maximum atomic E-state index is 12.9. The van der Waals surface area contributed by atoms with Gasteiger partial charge in [0, 0.05) is 6.54 Å². The Hall–Kier alpha value is -2.77. The van der Waals surface area contributed by atoms with Gasteiger partial charge in [0.2, 0.25) is 0 Å². The number of aliphatic hydroxyl groups excluding tert-OH is 1. The Morgan fingerprint density at radius 2 is 1.96 bits per heavy atom. The third-order valence-corrected chi connectivity index (χ3v) is 4.21. The van der Waals surface area contributed by atoms with Crippen molar-refractivity contribution in [2.45, 2.75) is 19.6 Å². The van der Waals surface area contributed by atoms with E-state index in [1.165, 1.54) is 24.3 Å². The molecule has 1 atom stereocenters. The summed E-state index contributed by atoms with van der Waals surface area (Å²) < 4.78 is 18.4. The van der Waals surface area contributed by atoms with Crippen LogP contribution in [0.25, 0.3) is 10.9 Å². The van der Waals surface area contributed by atoms with Gasteiger partial charge in [-0.25, -0.2) is 9.37 Å². The SMILES string of the molecule is CCN(Cc1nc2ccccc2c(=O)[nH]1)C[C@@H](O)COc1ccc(F)cc1. The predicted octanol–water partition coefficient (Wildman–Crippen LogP) is 2.32. The molecule has 0 fully saturated rings. The number of nitrogens with one attached hydrogen (secondary N) is 1. The maximum absolute atomic E-state index is 12.9. The highest BCUT2D eigenvalue weighted by atomic mass is 19.1. The highest BCUT2D eigenvalue weighted by Crippen LogP contribution is 2.12. The second kappa shape index (κ2) is 8.75. The fraction of sp³-hybridized carbons (Fsp3) is 0.300. The number of rotatable bonds is 8. The standard InChI is InChI=1S/C20H22FN3O3/c1-2-24(11-15(25)13-27-16-9-7-14(21)8-10-16)12-19-22-18-6-4-3-5-17(18)20(26)23-19/h3-10,15,25H,2,11-13H2,1H3,(H,22,23,26)/t15-/m1/s1. The van der Waals surface area contributed by atoms with E-state index < -0.39 is 6.10 Å². The normalized spacial score (nSPS) is 12.4. The summed E-state index contributed by atoms with van der Waals surface area (Å²) >= 11 is 0. The lowest BCUT2D eigenvalue weighted by Gasteiger charge is -2.23. The van der Waals surface area contributed by atoms with E-state index >= 15 is 0 Å². The van der Waals surface area contributed by atoms with Gasteiger partial charge in [0.1, 0.15) is 30.1 Å². The van der Waals surface area contributed by atoms with E-state index in [1.54, 1.807) is 18.2 Å². The van der Waals surface area contributed by atoms with Gasteiger partial charge in [-0.15, -0.1) is 0 Å². The molecule has 1 heterocycles. The molecule has 0 amide bonds. The fourth-order valence-corrected chi connectivity index (χ4v) is 2.80. The number of aliphatic hydroxyl groups is 1. The number of hydrogen-bond acceptors (Lipinski definition) is 5. The van der Waals surface area contributed by atoms with Gasteiger partial charge in [-0.3, -0.25) is 9.69 Å². The lowest BCUT2D eigenvalue weighted by Crippen LogP contribution is -2.36. The average Bonchev–Trinajstić information content (AvgIpc) is 2.67. The van der Waals surface area contributed by atoms with Crippen LogP contribution in [0, 0.1) is 5.82 Å². The van der Waals surface area contributed by atoms with Crippen LogP contribution in [0.15, 0.2) is 53.3 Å². The number of H-pyrrole nitrogens is 1. The Kier molecular flexibility index (Phi) is 6.16. The number of aromatic amines is 1. The zero-order valence-corrected chi connectivity index (χ0v) is 15.1. The van der Waals surface area contributed by atoms with Crippen molar-refractivity contribution in [1.29, 1.82) is 0 Å². The van der Waals surface area contributed by atoms with E-state index in [2.05, 4.69) is 9.97 Å². The van der Waals surface area contributed by atoms with E-state index in [1.807, 2.05) is 17.9 Å². The molecule has 2 aromatic carbocycles. The number of hydrogen-bond donors (Lipinski definition) is 2. The second-order valence-electron chi connectivity index (χ2n) is 6.28. The third kappa shape index (κ3) is 5.12. The lowest BCUT2D eigenvalue weighted by molar-refractivity contribution is 0.0666. The average molecular weight is 371 g/mol. The Balaban J connectivity index is 1.60. The summed E-state index contributed by atoms with van der Waals surface area (Å²) in [5.74, 6) is 0.711. The second-order valence-corrected chi connectivity index (χ2v) is 6.28. The fourth-order valence-electron chi connectivity index (χ4n) is 2.80. The van der Waals surface area contributed by atoms with Gasteiger partial charge < -0.3 is 14.8 Å². The number of aromatic nitrogens is 2. The van der Waals surface area contributed by atoms with Crippen molar-refractivity contribution < 1.29 is 14.2 Å². The summed E-state index contributed by atoms with van der Waals surface area (Å²) in [4.78, 5) is 21.4. The Morgan fingerprint density at radius 3 is 2.70 bits per heavy atom. The van der Waals surface area contributed by atoms with Crippen LogP contribution in [-0.4, -0.2) is 45.8 Å². The molecular formula is C20H22FN3O3. The smallest absolute Gasteiger partial charge is 0.258 e. The van der Waals surface area contributed by atoms with Gasteiger partial charge >= 0.3 is 0 Å². The molecule has 0 aliphatic rings. The summed E-state index contributed by atoms with van der Waals surface area (Å²) in [6.07, 6.45) is -0.734. The van der Waals surface area contributed by atoms with Gasteiger partial charge in [0.15, 0.2) is 0 Å². The van der Waals surface area contributed by atoms with Crippen molar-refractivity contribution in [3.05, 3.63) is 70.5 Å². The van der Waals surface area contributed by atoms with Crippen LogP contribution in [-0.2, 0) is 6.54 Å². The highest BCUT2D eigenvalue weighted by Gasteiger charge is 2.14. The number of ether oxygens (including phenoxy) is 1. The zero-order chi connectivity index (χ0) is 19.2. The summed E-state index contributed by atoms with van der Waals surface area (Å²) in [7, 11) is 0. The summed E-state index contributed by atoms with van der Waals surface area (Å²) in [5.41, 5.74) is 0.472. The molecule has 0 saturated carbocycles. The minimum atomic E-state index is -0.734. The van der Waals surface area contributed by atoms with E-state index in [4.69, 9.17) is 4.74 Å². The monoisotopic (exact) mass is 371 g/mol. The molecule has 2 N–H and O–H groups in total. The number of halogens is 1. The molecule has 0 unspecified atom stereocenters. The summed E-state index contributed by atoms with van der Waals surface area (Å²) in [6, 6.07) is 12.8. The summed E-state index contributed by atoms with van der Waals surface area (Å²) in [5, 5.41) is 10.8. The molecule has 0 saturated heterocycles. The first-order valence-electron chi connectivity index (χ1n) is 8.82. The third-order valence-electron chi connectivity index (χ3n) is 4.21. The highest BCUT2D eigenvalue weighted by molar-refractivity contribution is 5.77. The minimum Gasteiger partial charge on any atom is -0.491 e. The molecule has 27 heavy (non-hydrogen) atoms. The van der Waals surface area contributed by atoms with Crippen molar-refractivity contribution in [1.82, 2.24) is 14.9 Å². The molecule has 0 radical (unpaired) electrons. The molecule has 3 rings (SSSR count). The van der Waals surface area contributed by atoms with Crippen molar-refractivity contribution in [2.75, 3.05) is 19.7 Å². The molecule has 0 aliphatic heterocycles.